The molecule has 0 aromatic heterocycles. The summed E-state index contributed by atoms with van der Waals surface area (Å²) in [7, 11) is 0. The second kappa shape index (κ2) is 5.51. The van der Waals surface area contributed by atoms with Crippen LogP contribution in [0.4, 0.5) is 0 Å². The standard InChI is InChI=1S/C15H19NO3/c1-12(17)11-14(13-7-3-2-4-8-13)15(16(18)19)9-5-6-10-15/h2-4,7-8,14H,5-6,9-11H2,1H3/t14-/m0/s1. The molecule has 0 spiro atoms. The zero-order chi connectivity index (χ0) is 13.9. The summed E-state index contributed by atoms with van der Waals surface area (Å²) in [5, 5.41) is 11.6. The van der Waals surface area contributed by atoms with Gasteiger partial charge in [-0.25, -0.2) is 0 Å². The summed E-state index contributed by atoms with van der Waals surface area (Å²) in [6.45, 7) is 1.51. The van der Waals surface area contributed by atoms with E-state index >= 15 is 0 Å². The molecule has 0 saturated heterocycles. The van der Waals surface area contributed by atoms with Crippen LogP contribution in [0.1, 0.15) is 50.5 Å². The van der Waals surface area contributed by atoms with Gasteiger partial charge in [0.15, 0.2) is 0 Å². The summed E-state index contributed by atoms with van der Waals surface area (Å²) in [5.74, 6) is -0.286. The zero-order valence-corrected chi connectivity index (χ0v) is 11.2. The van der Waals surface area contributed by atoms with Gasteiger partial charge in [0.1, 0.15) is 5.78 Å². The molecular formula is C15H19NO3. The minimum atomic E-state index is -0.951. The van der Waals surface area contributed by atoms with Crippen molar-refractivity contribution in [3.05, 3.63) is 46.0 Å². The molecule has 0 N–H and O–H groups in total. The summed E-state index contributed by atoms with van der Waals surface area (Å²) in [6, 6.07) is 9.45. The van der Waals surface area contributed by atoms with Gasteiger partial charge in [-0.2, -0.15) is 0 Å². The lowest BCUT2D eigenvalue weighted by atomic mass is 9.75. The van der Waals surface area contributed by atoms with Gasteiger partial charge < -0.3 is 4.79 Å². The van der Waals surface area contributed by atoms with E-state index in [4.69, 9.17) is 0 Å². The van der Waals surface area contributed by atoms with E-state index in [1.54, 1.807) is 0 Å². The van der Waals surface area contributed by atoms with Crippen molar-refractivity contribution in [2.75, 3.05) is 0 Å². The average molecular weight is 261 g/mol. The van der Waals surface area contributed by atoms with Crippen LogP contribution in [0, 0.1) is 10.1 Å². The third kappa shape index (κ3) is 2.67. The highest BCUT2D eigenvalue weighted by Crippen LogP contribution is 2.45. The van der Waals surface area contributed by atoms with Gasteiger partial charge in [-0.15, -0.1) is 0 Å². The third-order valence-corrected chi connectivity index (χ3v) is 4.18. The van der Waals surface area contributed by atoms with E-state index in [9.17, 15) is 14.9 Å². The van der Waals surface area contributed by atoms with Crippen LogP contribution in [0.3, 0.4) is 0 Å². The molecule has 1 atom stereocenters. The highest BCUT2D eigenvalue weighted by molar-refractivity contribution is 5.76. The monoisotopic (exact) mass is 261 g/mol. The van der Waals surface area contributed by atoms with Gasteiger partial charge >= 0.3 is 0 Å². The minimum Gasteiger partial charge on any atom is -0.300 e. The molecule has 1 fully saturated rings. The van der Waals surface area contributed by atoms with E-state index in [-0.39, 0.29) is 23.0 Å². The lowest BCUT2D eigenvalue weighted by Gasteiger charge is -2.29. The number of nitro groups is 1. The summed E-state index contributed by atoms with van der Waals surface area (Å²) in [6.07, 6.45) is 3.16. The van der Waals surface area contributed by atoms with E-state index in [1.165, 1.54) is 6.92 Å². The number of ketones is 1. The number of benzene rings is 1. The van der Waals surface area contributed by atoms with Crippen LogP contribution in [0.25, 0.3) is 0 Å². The highest BCUT2D eigenvalue weighted by atomic mass is 16.6. The van der Waals surface area contributed by atoms with Gasteiger partial charge in [-0.3, -0.25) is 10.1 Å². The first kappa shape index (κ1) is 13.7. The average Bonchev–Trinajstić information content (AvgIpc) is 2.87. The molecule has 1 saturated carbocycles. The number of rotatable bonds is 5. The topological polar surface area (TPSA) is 60.2 Å². The molecule has 1 aliphatic rings. The molecule has 1 aromatic carbocycles. The molecule has 0 radical (unpaired) electrons. The first-order valence-electron chi connectivity index (χ1n) is 6.75. The Morgan fingerprint density at radius 1 is 1.32 bits per heavy atom. The Labute approximate surface area is 113 Å². The van der Waals surface area contributed by atoms with Crippen molar-refractivity contribution < 1.29 is 9.72 Å². The molecule has 4 heteroatoms. The summed E-state index contributed by atoms with van der Waals surface area (Å²) in [4.78, 5) is 23.0. The smallest absolute Gasteiger partial charge is 0.229 e. The van der Waals surface area contributed by atoms with E-state index in [0.29, 0.717) is 12.8 Å². The fourth-order valence-electron chi connectivity index (χ4n) is 3.24. The van der Waals surface area contributed by atoms with Crippen molar-refractivity contribution in [2.45, 2.75) is 50.5 Å². The number of hydrogen-bond acceptors (Lipinski definition) is 3. The van der Waals surface area contributed by atoms with Crippen LogP contribution in [-0.2, 0) is 4.79 Å². The molecule has 1 aliphatic carbocycles. The fourth-order valence-corrected chi connectivity index (χ4v) is 3.24. The maximum absolute atomic E-state index is 11.6. The van der Waals surface area contributed by atoms with Crippen LogP contribution in [-0.4, -0.2) is 16.2 Å². The van der Waals surface area contributed by atoms with Crippen molar-refractivity contribution >= 4 is 5.78 Å². The molecule has 102 valence electrons. The van der Waals surface area contributed by atoms with E-state index in [2.05, 4.69) is 0 Å². The third-order valence-electron chi connectivity index (χ3n) is 4.18. The van der Waals surface area contributed by atoms with Gasteiger partial charge in [-0.05, 0) is 25.3 Å². The van der Waals surface area contributed by atoms with Crippen molar-refractivity contribution in [3.63, 3.8) is 0 Å². The SMILES string of the molecule is CC(=O)C[C@@H](c1ccccc1)C1([N+](=O)[O-])CCCC1. The number of Topliss-reactive ketones (excluding diaryl/α,β-unsaturated/α-hetero) is 1. The second-order valence-corrected chi connectivity index (χ2v) is 5.44. The molecule has 1 aromatic rings. The van der Waals surface area contributed by atoms with Crippen LogP contribution >= 0.6 is 0 Å². The van der Waals surface area contributed by atoms with E-state index in [1.807, 2.05) is 30.3 Å². The van der Waals surface area contributed by atoms with E-state index < -0.39 is 5.54 Å². The molecule has 0 unspecified atom stereocenters. The molecule has 0 aliphatic heterocycles. The lowest BCUT2D eigenvalue weighted by Crippen LogP contribution is -2.42. The van der Waals surface area contributed by atoms with Crippen molar-refractivity contribution in [3.8, 4) is 0 Å². The van der Waals surface area contributed by atoms with Gasteiger partial charge in [0, 0.05) is 24.2 Å². The van der Waals surface area contributed by atoms with Gasteiger partial charge in [0.05, 0.1) is 5.92 Å². The molecule has 4 nitrogen and oxygen atoms in total. The molecule has 2 rings (SSSR count). The van der Waals surface area contributed by atoms with Gasteiger partial charge in [0.2, 0.25) is 5.54 Å². The highest BCUT2D eigenvalue weighted by Gasteiger charge is 2.52. The summed E-state index contributed by atoms with van der Waals surface area (Å²) in [5.41, 5.74) is -0.0381. The molecule has 19 heavy (non-hydrogen) atoms. The number of carbonyl (C=O) groups is 1. The van der Waals surface area contributed by atoms with Crippen LogP contribution in [0.5, 0.6) is 0 Å². The Balaban J connectivity index is 2.42. The molecule has 0 amide bonds. The Bertz CT molecular complexity index is 464. The lowest BCUT2D eigenvalue weighted by molar-refractivity contribution is -0.573. The van der Waals surface area contributed by atoms with Gasteiger partial charge in [-0.1, -0.05) is 30.3 Å². The Hall–Kier alpha value is -1.71. The largest absolute Gasteiger partial charge is 0.300 e. The summed E-state index contributed by atoms with van der Waals surface area (Å²) < 4.78 is 0. The number of hydrogen-bond donors (Lipinski definition) is 0. The molecule has 0 heterocycles. The first-order chi connectivity index (χ1) is 9.06. The van der Waals surface area contributed by atoms with E-state index in [0.717, 1.165) is 18.4 Å². The molecular weight excluding hydrogens is 242 g/mol. The Morgan fingerprint density at radius 3 is 2.37 bits per heavy atom. The van der Waals surface area contributed by atoms with Crippen LogP contribution in [0.2, 0.25) is 0 Å². The predicted octanol–water partition coefficient (Wildman–Crippen LogP) is 3.34. The normalized spacial score (nSPS) is 19.0. The van der Waals surface area contributed by atoms with Crippen LogP contribution < -0.4 is 0 Å². The van der Waals surface area contributed by atoms with Crippen molar-refractivity contribution in [2.24, 2.45) is 0 Å². The maximum atomic E-state index is 11.6. The predicted molar refractivity (Wildman–Crippen MR) is 72.7 cm³/mol. The Kier molecular flexibility index (Phi) is 3.98. The van der Waals surface area contributed by atoms with Crippen molar-refractivity contribution in [1.82, 2.24) is 0 Å². The summed E-state index contributed by atoms with van der Waals surface area (Å²) >= 11 is 0. The molecule has 0 bridgehead atoms. The van der Waals surface area contributed by atoms with Crippen LogP contribution in [0.15, 0.2) is 30.3 Å². The van der Waals surface area contributed by atoms with Crippen molar-refractivity contribution in [1.29, 1.82) is 0 Å². The fraction of sp³-hybridized carbons (Fsp3) is 0.533. The zero-order valence-electron chi connectivity index (χ0n) is 11.2. The quantitative estimate of drug-likeness (QED) is 0.603. The maximum Gasteiger partial charge on any atom is 0.229 e. The number of carbonyl (C=O) groups excluding carboxylic acids is 1. The second-order valence-electron chi connectivity index (χ2n) is 5.44. The van der Waals surface area contributed by atoms with Gasteiger partial charge in [0.25, 0.3) is 0 Å². The minimum absolute atomic E-state index is 0.0157. The number of nitrogens with zero attached hydrogens (tertiary/aromatic N) is 1. The first-order valence-corrected chi connectivity index (χ1v) is 6.75. The Morgan fingerprint density at radius 2 is 1.89 bits per heavy atom.